The molecule has 0 aliphatic heterocycles. The lowest BCUT2D eigenvalue weighted by atomic mass is 10.2. The molecule has 0 radical (unpaired) electrons. The minimum atomic E-state index is -0.834. The van der Waals surface area contributed by atoms with E-state index in [1.807, 2.05) is 0 Å². The van der Waals surface area contributed by atoms with E-state index in [0.29, 0.717) is 22.1 Å². The van der Waals surface area contributed by atoms with Crippen LogP contribution in [-0.2, 0) is 0 Å². The van der Waals surface area contributed by atoms with Gasteiger partial charge in [0.15, 0.2) is 0 Å². The summed E-state index contributed by atoms with van der Waals surface area (Å²) in [5.41, 5.74) is 3.20. The minimum Gasteiger partial charge on any atom is -0.306 e. The molecule has 4 aromatic heterocycles. The fourth-order valence-electron chi connectivity index (χ4n) is 2.65. The molecule has 0 saturated carbocycles. The molecular weight excluding hydrogens is 364 g/mol. The monoisotopic (exact) mass is 376 g/mol. The normalized spacial score (nSPS) is 10.7. The number of amides is 2. The Morgan fingerprint density at radius 3 is 1.61 bits per heavy atom. The standard InChI is InChI=1S/C18H12N6O4/c25-15-11(7-9-3-1-5-19-13(9)21-15)17(27)23-24-18(28)12-8-10-4-2-6-20-14(10)22-16(12)26/h1-8H,(H,23,27)(H,24,28)(H,19,21,25)(H,20,22,26). The van der Waals surface area contributed by atoms with Crippen LogP contribution in [0.5, 0.6) is 0 Å². The number of aromatic nitrogens is 4. The van der Waals surface area contributed by atoms with E-state index in [1.54, 1.807) is 24.3 Å². The molecule has 10 heteroatoms. The number of hydrogen-bond acceptors (Lipinski definition) is 6. The molecule has 0 aliphatic carbocycles. The summed E-state index contributed by atoms with van der Waals surface area (Å²) in [5, 5.41) is 1.11. The van der Waals surface area contributed by atoms with Crippen LogP contribution >= 0.6 is 0 Å². The van der Waals surface area contributed by atoms with E-state index in [-0.39, 0.29) is 11.1 Å². The van der Waals surface area contributed by atoms with Gasteiger partial charge in [0, 0.05) is 23.2 Å². The molecule has 0 fully saturated rings. The summed E-state index contributed by atoms with van der Waals surface area (Å²) in [6.07, 6.45) is 3.02. The highest BCUT2D eigenvalue weighted by Gasteiger charge is 2.16. The van der Waals surface area contributed by atoms with Crippen LogP contribution in [0.3, 0.4) is 0 Å². The molecule has 0 bridgehead atoms. The average molecular weight is 376 g/mol. The van der Waals surface area contributed by atoms with Gasteiger partial charge in [-0.15, -0.1) is 0 Å². The van der Waals surface area contributed by atoms with E-state index in [2.05, 4.69) is 30.8 Å². The van der Waals surface area contributed by atoms with Gasteiger partial charge in [0.2, 0.25) is 0 Å². The van der Waals surface area contributed by atoms with Crippen LogP contribution in [0.1, 0.15) is 20.7 Å². The molecular formula is C18H12N6O4. The highest BCUT2D eigenvalue weighted by atomic mass is 16.2. The second kappa shape index (κ2) is 6.76. The maximum atomic E-state index is 12.3. The molecule has 4 aromatic rings. The fourth-order valence-corrected chi connectivity index (χ4v) is 2.65. The van der Waals surface area contributed by atoms with Gasteiger partial charge < -0.3 is 9.97 Å². The lowest BCUT2D eigenvalue weighted by Crippen LogP contribution is -2.44. The Kier molecular flexibility index (Phi) is 4.13. The molecule has 4 rings (SSSR count). The first-order chi connectivity index (χ1) is 13.5. The summed E-state index contributed by atoms with van der Waals surface area (Å²) in [7, 11) is 0. The summed E-state index contributed by atoms with van der Waals surface area (Å²) in [5.74, 6) is -1.67. The SMILES string of the molecule is O=C(NNC(=O)c1cc2cccnc2[nH]c1=O)c1cc2cccnc2[nH]c1=O. The van der Waals surface area contributed by atoms with E-state index >= 15 is 0 Å². The third-order valence-electron chi connectivity index (χ3n) is 4.01. The van der Waals surface area contributed by atoms with Gasteiger partial charge in [0.1, 0.15) is 22.4 Å². The third-order valence-corrected chi connectivity index (χ3v) is 4.01. The van der Waals surface area contributed by atoms with E-state index in [9.17, 15) is 19.2 Å². The van der Waals surface area contributed by atoms with E-state index in [4.69, 9.17) is 0 Å². The predicted octanol–water partition coefficient (Wildman–Crippen LogP) is 0.234. The van der Waals surface area contributed by atoms with Gasteiger partial charge in [-0.2, -0.15) is 0 Å². The average Bonchev–Trinajstić information content (AvgIpc) is 2.70. The number of carbonyl (C=O) groups is 2. The minimum absolute atomic E-state index is 0.211. The van der Waals surface area contributed by atoms with Crippen LogP contribution in [0.2, 0.25) is 0 Å². The smallest absolute Gasteiger partial charge is 0.275 e. The van der Waals surface area contributed by atoms with Gasteiger partial charge in [-0.3, -0.25) is 30.0 Å². The number of hydrogen-bond donors (Lipinski definition) is 4. The van der Waals surface area contributed by atoms with Crippen molar-refractivity contribution in [2.24, 2.45) is 0 Å². The topological polar surface area (TPSA) is 150 Å². The molecule has 0 aromatic carbocycles. The summed E-state index contributed by atoms with van der Waals surface area (Å²) in [6.45, 7) is 0. The summed E-state index contributed by atoms with van der Waals surface area (Å²) in [6, 6.07) is 9.39. The number of nitrogens with zero attached hydrogens (tertiary/aromatic N) is 2. The van der Waals surface area contributed by atoms with Crippen molar-refractivity contribution in [1.82, 2.24) is 30.8 Å². The zero-order valence-corrected chi connectivity index (χ0v) is 14.1. The van der Waals surface area contributed by atoms with E-state index < -0.39 is 22.9 Å². The van der Waals surface area contributed by atoms with Crippen molar-refractivity contribution in [2.75, 3.05) is 0 Å². The Hall–Kier alpha value is -4.34. The van der Waals surface area contributed by atoms with Crippen molar-refractivity contribution >= 4 is 33.9 Å². The highest BCUT2D eigenvalue weighted by Crippen LogP contribution is 2.08. The van der Waals surface area contributed by atoms with Gasteiger partial charge in [-0.1, -0.05) is 0 Å². The molecule has 2 amide bonds. The number of nitrogens with one attached hydrogen (secondary N) is 4. The van der Waals surface area contributed by atoms with Crippen LogP contribution in [0, 0.1) is 0 Å². The lowest BCUT2D eigenvalue weighted by Gasteiger charge is -2.08. The van der Waals surface area contributed by atoms with Crippen molar-refractivity contribution in [2.45, 2.75) is 0 Å². The van der Waals surface area contributed by atoms with Crippen molar-refractivity contribution in [3.8, 4) is 0 Å². The largest absolute Gasteiger partial charge is 0.306 e. The van der Waals surface area contributed by atoms with Crippen molar-refractivity contribution in [3.63, 3.8) is 0 Å². The maximum Gasteiger partial charge on any atom is 0.275 e. The molecule has 0 aliphatic rings. The number of aromatic amines is 2. The third kappa shape index (κ3) is 3.09. The second-order valence-electron chi connectivity index (χ2n) is 5.81. The van der Waals surface area contributed by atoms with Gasteiger partial charge >= 0.3 is 0 Å². The number of H-pyrrole nitrogens is 2. The van der Waals surface area contributed by atoms with Gasteiger partial charge in [-0.05, 0) is 36.4 Å². The Morgan fingerprint density at radius 2 is 1.18 bits per heavy atom. The molecule has 138 valence electrons. The molecule has 0 atom stereocenters. The number of hydrazine groups is 1. The molecule has 28 heavy (non-hydrogen) atoms. The maximum absolute atomic E-state index is 12.3. The zero-order chi connectivity index (χ0) is 19.7. The Labute approximate surface area is 155 Å². The van der Waals surface area contributed by atoms with Crippen LogP contribution in [0.4, 0.5) is 0 Å². The summed E-state index contributed by atoms with van der Waals surface area (Å²) >= 11 is 0. The first-order valence-electron chi connectivity index (χ1n) is 8.10. The fraction of sp³-hybridized carbons (Fsp3) is 0. The van der Waals surface area contributed by atoms with E-state index in [0.717, 1.165) is 0 Å². The molecule has 0 spiro atoms. The predicted molar refractivity (Wildman–Crippen MR) is 99.7 cm³/mol. The van der Waals surface area contributed by atoms with Crippen LogP contribution in [0.15, 0.2) is 58.4 Å². The van der Waals surface area contributed by atoms with E-state index in [1.165, 1.54) is 24.5 Å². The van der Waals surface area contributed by atoms with Crippen LogP contribution < -0.4 is 22.0 Å². The molecule has 4 N–H and O–H groups in total. The van der Waals surface area contributed by atoms with Gasteiger partial charge in [0.25, 0.3) is 22.9 Å². The van der Waals surface area contributed by atoms with Crippen LogP contribution in [-0.4, -0.2) is 31.8 Å². The Balaban J connectivity index is 1.56. The molecule has 10 nitrogen and oxygen atoms in total. The summed E-state index contributed by atoms with van der Waals surface area (Å²) < 4.78 is 0. The molecule has 0 unspecified atom stereocenters. The Bertz CT molecular complexity index is 1250. The van der Waals surface area contributed by atoms with Crippen molar-refractivity contribution < 1.29 is 9.59 Å². The number of rotatable bonds is 2. The second-order valence-corrected chi connectivity index (χ2v) is 5.81. The Morgan fingerprint density at radius 1 is 0.750 bits per heavy atom. The molecule has 4 heterocycles. The highest BCUT2D eigenvalue weighted by molar-refractivity contribution is 6.01. The van der Waals surface area contributed by atoms with Crippen LogP contribution in [0.25, 0.3) is 22.1 Å². The zero-order valence-electron chi connectivity index (χ0n) is 14.1. The van der Waals surface area contributed by atoms with Gasteiger partial charge in [-0.25, -0.2) is 9.97 Å². The molecule has 0 saturated heterocycles. The summed E-state index contributed by atoms with van der Waals surface area (Å²) in [4.78, 5) is 61.6. The number of fused-ring (bicyclic) bond motifs is 2. The first-order valence-corrected chi connectivity index (χ1v) is 8.10. The lowest BCUT2D eigenvalue weighted by molar-refractivity contribution is 0.0845. The first kappa shape index (κ1) is 17.1. The quantitative estimate of drug-likeness (QED) is 0.368. The van der Waals surface area contributed by atoms with Crippen molar-refractivity contribution in [1.29, 1.82) is 0 Å². The van der Waals surface area contributed by atoms with Gasteiger partial charge in [0.05, 0.1) is 0 Å². The van der Waals surface area contributed by atoms with Crippen molar-refractivity contribution in [3.05, 3.63) is 80.6 Å². The number of pyridine rings is 4. The number of carbonyl (C=O) groups excluding carboxylic acids is 2.